The summed E-state index contributed by atoms with van der Waals surface area (Å²) in [4.78, 5) is 41.0. The predicted octanol–water partition coefficient (Wildman–Crippen LogP) is 5.14. The van der Waals surface area contributed by atoms with E-state index in [1.807, 2.05) is 35.0 Å². The molecule has 0 atom stereocenters. The summed E-state index contributed by atoms with van der Waals surface area (Å²) in [6.07, 6.45) is 5.46. The first kappa shape index (κ1) is 22.7. The Morgan fingerprint density at radius 1 is 1.12 bits per heavy atom. The number of para-hydroxylation sites is 1. The van der Waals surface area contributed by atoms with Gasteiger partial charge in [0.25, 0.3) is 11.1 Å². The number of fused-ring (bicyclic) bond motifs is 1. The Kier molecular flexibility index (Phi) is 6.18. The number of rotatable bonds is 5. The van der Waals surface area contributed by atoms with Crippen LogP contribution in [0, 0.1) is 5.82 Å². The number of likely N-dealkylation sites (tertiary alicyclic amines) is 1. The van der Waals surface area contributed by atoms with E-state index in [-0.39, 0.29) is 17.4 Å². The Morgan fingerprint density at radius 2 is 1.88 bits per heavy atom. The molecular weight excluding hydrogens is 477 g/mol. The Balaban J connectivity index is 1.43. The number of hydrogen-bond acceptors (Lipinski definition) is 4. The molecule has 0 bridgehead atoms. The number of carbonyl (C=O) groups excluding carboxylic acids is 3. The minimum atomic E-state index is -0.457. The lowest BCUT2D eigenvalue weighted by atomic mass is 10.1. The lowest BCUT2D eigenvalue weighted by molar-refractivity contribution is -0.135. The molecule has 0 aliphatic carbocycles. The molecule has 5 rings (SSSR count). The quantitative estimate of drug-likeness (QED) is 0.458. The van der Waals surface area contributed by atoms with Crippen LogP contribution in [0.1, 0.15) is 24.0 Å². The highest BCUT2D eigenvalue weighted by molar-refractivity contribution is 8.18. The molecule has 0 N–H and O–H groups in total. The standard InChI is InChI=1S/C25H21ClFN3O3S/c26-20-12-18(27)8-7-16(20)13-29-14-17(19-5-1-2-6-21(19)29)11-22-24(32)30(25(33)34-22)15-23(31)28-9-3-4-10-28/h1-2,5-8,11-12,14H,3-4,9-10,13,15H2/b22-11-. The second-order valence-electron chi connectivity index (χ2n) is 8.32. The van der Waals surface area contributed by atoms with E-state index in [0.717, 1.165) is 51.5 Å². The van der Waals surface area contributed by atoms with E-state index in [0.29, 0.717) is 24.7 Å². The van der Waals surface area contributed by atoms with Gasteiger partial charge in [0.05, 0.1) is 4.91 Å². The highest BCUT2D eigenvalue weighted by atomic mass is 35.5. The number of thioether (sulfide) groups is 1. The van der Waals surface area contributed by atoms with Gasteiger partial charge in [-0.15, -0.1) is 0 Å². The normalized spacial score (nSPS) is 17.5. The zero-order valence-corrected chi connectivity index (χ0v) is 19.7. The van der Waals surface area contributed by atoms with Crippen LogP contribution in [0.15, 0.2) is 53.6 Å². The largest absolute Gasteiger partial charge is 0.342 e. The maximum atomic E-state index is 13.4. The molecule has 34 heavy (non-hydrogen) atoms. The fourth-order valence-electron chi connectivity index (χ4n) is 4.33. The lowest BCUT2D eigenvalue weighted by Gasteiger charge is -2.18. The second-order valence-corrected chi connectivity index (χ2v) is 9.72. The molecule has 2 aromatic carbocycles. The average Bonchev–Trinajstić information content (AvgIpc) is 3.53. The van der Waals surface area contributed by atoms with Crippen LogP contribution >= 0.6 is 23.4 Å². The number of amides is 3. The van der Waals surface area contributed by atoms with Crippen molar-refractivity contribution in [2.45, 2.75) is 19.4 Å². The molecule has 1 aromatic heterocycles. The molecule has 2 aliphatic rings. The molecule has 2 aliphatic heterocycles. The van der Waals surface area contributed by atoms with Crippen molar-refractivity contribution in [2.75, 3.05) is 19.6 Å². The number of halogens is 2. The van der Waals surface area contributed by atoms with Crippen molar-refractivity contribution in [3.63, 3.8) is 0 Å². The number of imide groups is 1. The van der Waals surface area contributed by atoms with Gasteiger partial charge in [-0.1, -0.05) is 35.9 Å². The summed E-state index contributed by atoms with van der Waals surface area (Å²) >= 11 is 7.07. The maximum Gasteiger partial charge on any atom is 0.294 e. The van der Waals surface area contributed by atoms with E-state index in [9.17, 15) is 18.8 Å². The SMILES string of the molecule is O=C(CN1C(=O)S/C(=C\c2cn(Cc3ccc(F)cc3Cl)c3ccccc23)C1=O)N1CCCC1. The van der Waals surface area contributed by atoms with E-state index in [4.69, 9.17) is 11.6 Å². The van der Waals surface area contributed by atoms with Crippen molar-refractivity contribution in [3.05, 3.63) is 75.5 Å². The van der Waals surface area contributed by atoms with Gasteiger partial charge in [-0.25, -0.2) is 4.39 Å². The highest BCUT2D eigenvalue weighted by Gasteiger charge is 2.37. The minimum Gasteiger partial charge on any atom is -0.342 e. The molecule has 0 unspecified atom stereocenters. The zero-order chi connectivity index (χ0) is 23.8. The summed E-state index contributed by atoms with van der Waals surface area (Å²) in [6.45, 7) is 1.52. The van der Waals surface area contributed by atoms with Crippen LogP contribution in [0.2, 0.25) is 5.02 Å². The van der Waals surface area contributed by atoms with Crippen LogP contribution in [-0.4, -0.2) is 51.1 Å². The molecule has 3 aromatic rings. The summed E-state index contributed by atoms with van der Waals surface area (Å²) in [6, 6.07) is 12.0. The van der Waals surface area contributed by atoms with Gasteiger partial charge in [0.1, 0.15) is 12.4 Å². The first-order valence-corrected chi connectivity index (χ1v) is 12.1. The summed E-state index contributed by atoms with van der Waals surface area (Å²) < 4.78 is 15.4. The highest BCUT2D eigenvalue weighted by Crippen LogP contribution is 2.34. The summed E-state index contributed by atoms with van der Waals surface area (Å²) in [5.74, 6) is -1.06. The predicted molar refractivity (Wildman–Crippen MR) is 131 cm³/mol. The monoisotopic (exact) mass is 497 g/mol. The minimum absolute atomic E-state index is 0.200. The van der Waals surface area contributed by atoms with Crippen LogP contribution in [0.4, 0.5) is 9.18 Å². The number of carbonyl (C=O) groups is 3. The van der Waals surface area contributed by atoms with Crippen molar-refractivity contribution >= 4 is 57.4 Å². The molecule has 6 nitrogen and oxygen atoms in total. The number of nitrogens with zero attached hydrogens (tertiary/aromatic N) is 3. The van der Waals surface area contributed by atoms with Crippen molar-refractivity contribution in [1.29, 1.82) is 0 Å². The third kappa shape index (κ3) is 4.35. The summed E-state index contributed by atoms with van der Waals surface area (Å²) in [5.41, 5.74) is 2.44. The molecule has 0 radical (unpaired) electrons. The van der Waals surface area contributed by atoms with Gasteiger partial charge in [0, 0.05) is 47.3 Å². The molecule has 2 saturated heterocycles. The number of hydrogen-bond donors (Lipinski definition) is 0. The molecule has 3 amide bonds. The number of aromatic nitrogens is 1. The van der Waals surface area contributed by atoms with Crippen molar-refractivity contribution in [1.82, 2.24) is 14.4 Å². The first-order chi connectivity index (χ1) is 16.4. The first-order valence-electron chi connectivity index (χ1n) is 11.0. The van der Waals surface area contributed by atoms with Crippen molar-refractivity contribution in [2.24, 2.45) is 0 Å². The molecule has 2 fully saturated rings. The third-order valence-electron chi connectivity index (χ3n) is 6.09. The molecule has 9 heteroatoms. The van der Waals surface area contributed by atoms with Gasteiger partial charge in [-0.2, -0.15) is 0 Å². The Bertz CT molecular complexity index is 1350. The summed E-state index contributed by atoms with van der Waals surface area (Å²) in [5, 5.41) is 0.800. The Hall–Kier alpha value is -3.10. The molecule has 3 heterocycles. The van der Waals surface area contributed by atoms with Gasteiger partial charge in [-0.05, 0) is 54.4 Å². The average molecular weight is 498 g/mol. The van der Waals surface area contributed by atoms with E-state index in [2.05, 4.69) is 0 Å². The number of benzene rings is 2. The third-order valence-corrected chi connectivity index (χ3v) is 7.35. The van der Waals surface area contributed by atoms with E-state index in [1.54, 1.807) is 17.0 Å². The van der Waals surface area contributed by atoms with E-state index < -0.39 is 17.0 Å². The molecular formula is C25H21ClFN3O3S. The van der Waals surface area contributed by atoms with Gasteiger partial charge in [-0.3, -0.25) is 19.3 Å². The maximum absolute atomic E-state index is 13.4. The Labute approximate surface area is 204 Å². The van der Waals surface area contributed by atoms with Crippen LogP contribution in [0.5, 0.6) is 0 Å². The van der Waals surface area contributed by atoms with Crippen LogP contribution in [0.25, 0.3) is 17.0 Å². The molecule has 174 valence electrons. The zero-order valence-electron chi connectivity index (χ0n) is 18.2. The van der Waals surface area contributed by atoms with Crippen LogP contribution in [-0.2, 0) is 16.1 Å². The fraction of sp³-hybridized carbons (Fsp3) is 0.240. The van der Waals surface area contributed by atoms with Gasteiger partial charge >= 0.3 is 0 Å². The van der Waals surface area contributed by atoms with E-state index in [1.165, 1.54) is 12.1 Å². The summed E-state index contributed by atoms with van der Waals surface area (Å²) in [7, 11) is 0. The molecule has 0 saturated carbocycles. The smallest absolute Gasteiger partial charge is 0.294 e. The topological polar surface area (TPSA) is 62.6 Å². The lowest BCUT2D eigenvalue weighted by Crippen LogP contribution is -2.40. The fourth-order valence-corrected chi connectivity index (χ4v) is 5.39. The van der Waals surface area contributed by atoms with Gasteiger partial charge in [0.15, 0.2) is 0 Å². The van der Waals surface area contributed by atoms with Gasteiger partial charge in [0.2, 0.25) is 5.91 Å². The van der Waals surface area contributed by atoms with Crippen molar-refractivity contribution < 1.29 is 18.8 Å². The van der Waals surface area contributed by atoms with E-state index >= 15 is 0 Å². The van der Waals surface area contributed by atoms with Gasteiger partial charge < -0.3 is 9.47 Å². The second kappa shape index (κ2) is 9.27. The van der Waals surface area contributed by atoms with Crippen LogP contribution < -0.4 is 0 Å². The molecule has 0 spiro atoms. The van der Waals surface area contributed by atoms with Crippen LogP contribution in [0.3, 0.4) is 0 Å². The van der Waals surface area contributed by atoms with Crippen molar-refractivity contribution in [3.8, 4) is 0 Å². The Morgan fingerprint density at radius 3 is 2.65 bits per heavy atom.